The molecule has 1 saturated heterocycles. The van der Waals surface area contributed by atoms with E-state index in [9.17, 15) is 22.8 Å². The first kappa shape index (κ1) is 15.1. The Bertz CT molecular complexity index is 559. The summed E-state index contributed by atoms with van der Waals surface area (Å²) >= 11 is 0. The number of hydrogen-bond donors (Lipinski definition) is 0. The van der Waals surface area contributed by atoms with Crippen molar-refractivity contribution in [2.45, 2.75) is 12.8 Å². The van der Waals surface area contributed by atoms with Crippen molar-refractivity contribution in [1.82, 2.24) is 0 Å². The molecule has 5 nitrogen and oxygen atoms in total. The summed E-state index contributed by atoms with van der Waals surface area (Å²) < 4.78 is 44.9. The highest BCUT2D eigenvalue weighted by Crippen LogP contribution is 2.30. The Balaban J connectivity index is 2.17. The lowest BCUT2D eigenvalue weighted by Crippen LogP contribution is -2.26. The summed E-state index contributed by atoms with van der Waals surface area (Å²) in [5, 5.41) is 0. The summed E-state index contributed by atoms with van der Waals surface area (Å²) in [4.78, 5) is 24.5. The number of rotatable bonds is 3. The van der Waals surface area contributed by atoms with Crippen LogP contribution in [0.2, 0.25) is 0 Å². The molecule has 1 unspecified atom stereocenters. The van der Waals surface area contributed by atoms with Crippen LogP contribution in [0.1, 0.15) is 6.42 Å². The lowest BCUT2D eigenvalue weighted by molar-refractivity contribution is -0.274. The van der Waals surface area contributed by atoms with Gasteiger partial charge in [0.05, 0.1) is 13.0 Å². The molecule has 1 aliphatic rings. The summed E-state index contributed by atoms with van der Waals surface area (Å²) in [6.07, 6.45) is -4.83. The van der Waals surface area contributed by atoms with Crippen molar-refractivity contribution < 1.29 is 32.2 Å². The smallest absolute Gasteiger partial charge is 0.469 e. The topological polar surface area (TPSA) is 55.8 Å². The van der Waals surface area contributed by atoms with Crippen LogP contribution >= 0.6 is 0 Å². The molecule has 1 fully saturated rings. The molecule has 1 aromatic carbocycles. The molecular weight excluding hydrogens is 291 g/mol. The van der Waals surface area contributed by atoms with Gasteiger partial charge in [-0.25, -0.2) is 0 Å². The number of benzene rings is 1. The molecule has 21 heavy (non-hydrogen) atoms. The van der Waals surface area contributed by atoms with Gasteiger partial charge in [-0.3, -0.25) is 9.59 Å². The van der Waals surface area contributed by atoms with Crippen LogP contribution in [0.3, 0.4) is 0 Å². The average Bonchev–Trinajstić information content (AvgIpc) is 2.78. The summed E-state index contributed by atoms with van der Waals surface area (Å²) in [6.45, 7) is 0.0704. The summed E-state index contributed by atoms with van der Waals surface area (Å²) in [5.74, 6) is -1.91. The molecule has 0 saturated carbocycles. The third-order valence-electron chi connectivity index (χ3n) is 3.02. The zero-order chi connectivity index (χ0) is 15.6. The standard InChI is InChI=1S/C13H12F3NO4/c1-20-12(19)8-5-11(18)17(7-8)9-3-2-4-10(6-9)21-13(14,15)16/h2-4,6,8H,5,7H2,1H3. The van der Waals surface area contributed by atoms with Crippen LogP contribution in [-0.2, 0) is 14.3 Å². The lowest BCUT2D eigenvalue weighted by atomic mass is 10.1. The maximum Gasteiger partial charge on any atom is 0.573 e. The Morgan fingerprint density at radius 1 is 1.38 bits per heavy atom. The number of carbonyl (C=O) groups excluding carboxylic acids is 2. The predicted molar refractivity (Wildman–Crippen MR) is 65.6 cm³/mol. The van der Waals surface area contributed by atoms with Gasteiger partial charge in [0.25, 0.3) is 0 Å². The Morgan fingerprint density at radius 2 is 2.10 bits per heavy atom. The van der Waals surface area contributed by atoms with Crippen LogP contribution < -0.4 is 9.64 Å². The maximum atomic E-state index is 12.2. The van der Waals surface area contributed by atoms with Crippen molar-refractivity contribution in [3.63, 3.8) is 0 Å². The zero-order valence-electron chi connectivity index (χ0n) is 11.0. The van der Waals surface area contributed by atoms with Gasteiger partial charge < -0.3 is 14.4 Å². The van der Waals surface area contributed by atoms with Gasteiger partial charge in [0.1, 0.15) is 5.75 Å². The number of ether oxygens (including phenoxy) is 2. The van der Waals surface area contributed by atoms with Crippen molar-refractivity contribution in [3.8, 4) is 5.75 Å². The molecule has 1 aliphatic heterocycles. The minimum Gasteiger partial charge on any atom is -0.469 e. The first-order valence-corrected chi connectivity index (χ1v) is 6.04. The third kappa shape index (κ3) is 3.65. The van der Waals surface area contributed by atoms with Crippen LogP contribution in [0.25, 0.3) is 0 Å². The molecule has 1 atom stereocenters. The fourth-order valence-corrected chi connectivity index (χ4v) is 2.13. The third-order valence-corrected chi connectivity index (χ3v) is 3.02. The van der Waals surface area contributed by atoms with Crippen molar-refractivity contribution in [2.24, 2.45) is 5.92 Å². The molecule has 1 heterocycles. The monoisotopic (exact) mass is 303 g/mol. The maximum absolute atomic E-state index is 12.2. The van der Waals surface area contributed by atoms with Gasteiger partial charge in [0, 0.05) is 24.7 Å². The number of hydrogen-bond acceptors (Lipinski definition) is 4. The normalized spacial score (nSPS) is 18.8. The molecule has 8 heteroatoms. The lowest BCUT2D eigenvalue weighted by Gasteiger charge is -2.17. The number of methoxy groups -OCH3 is 1. The number of carbonyl (C=O) groups is 2. The SMILES string of the molecule is COC(=O)C1CC(=O)N(c2cccc(OC(F)(F)F)c2)C1. The Kier molecular flexibility index (Phi) is 4.06. The van der Waals surface area contributed by atoms with Crippen LogP contribution in [0.15, 0.2) is 24.3 Å². The molecule has 0 aromatic heterocycles. The Morgan fingerprint density at radius 3 is 2.71 bits per heavy atom. The van der Waals surface area contributed by atoms with Gasteiger partial charge >= 0.3 is 12.3 Å². The van der Waals surface area contributed by atoms with Gasteiger partial charge in [-0.2, -0.15) is 0 Å². The van der Waals surface area contributed by atoms with E-state index >= 15 is 0 Å². The number of amides is 1. The Hall–Kier alpha value is -2.25. The highest BCUT2D eigenvalue weighted by Gasteiger charge is 2.36. The molecule has 1 aromatic rings. The second kappa shape index (κ2) is 5.63. The number of anilines is 1. The van der Waals surface area contributed by atoms with Gasteiger partial charge in [-0.05, 0) is 12.1 Å². The van der Waals surface area contributed by atoms with E-state index in [2.05, 4.69) is 9.47 Å². The summed E-state index contributed by atoms with van der Waals surface area (Å²) in [6, 6.07) is 5.05. The largest absolute Gasteiger partial charge is 0.573 e. The van der Waals surface area contributed by atoms with Crippen LogP contribution in [0.5, 0.6) is 5.75 Å². The molecular formula is C13H12F3NO4. The molecule has 0 spiro atoms. The van der Waals surface area contributed by atoms with Crippen molar-refractivity contribution in [3.05, 3.63) is 24.3 Å². The highest BCUT2D eigenvalue weighted by atomic mass is 19.4. The van der Waals surface area contributed by atoms with E-state index in [0.29, 0.717) is 0 Å². The fraction of sp³-hybridized carbons (Fsp3) is 0.385. The average molecular weight is 303 g/mol. The first-order valence-electron chi connectivity index (χ1n) is 6.04. The second-order valence-corrected chi connectivity index (χ2v) is 4.47. The summed E-state index contributed by atoms with van der Waals surface area (Å²) in [7, 11) is 1.22. The van der Waals surface area contributed by atoms with Gasteiger partial charge in [-0.15, -0.1) is 13.2 Å². The number of halogens is 3. The predicted octanol–water partition coefficient (Wildman–Crippen LogP) is 2.11. The van der Waals surface area contributed by atoms with E-state index in [1.54, 1.807) is 0 Å². The molecule has 2 rings (SSSR count). The number of alkyl halides is 3. The van der Waals surface area contributed by atoms with E-state index in [0.717, 1.165) is 12.1 Å². The van der Waals surface area contributed by atoms with Gasteiger partial charge in [0.2, 0.25) is 5.91 Å². The van der Waals surface area contributed by atoms with Gasteiger partial charge in [-0.1, -0.05) is 6.07 Å². The molecule has 1 amide bonds. The molecule has 0 N–H and O–H groups in total. The molecule has 0 radical (unpaired) electrons. The van der Waals surface area contributed by atoms with E-state index in [1.165, 1.54) is 24.1 Å². The number of esters is 1. The van der Waals surface area contributed by atoms with Crippen molar-refractivity contribution >= 4 is 17.6 Å². The first-order chi connectivity index (χ1) is 9.80. The zero-order valence-corrected chi connectivity index (χ0v) is 11.0. The van der Waals surface area contributed by atoms with Crippen LogP contribution in [0.4, 0.5) is 18.9 Å². The van der Waals surface area contributed by atoms with Crippen LogP contribution in [0, 0.1) is 5.92 Å². The molecule has 114 valence electrons. The number of nitrogens with zero attached hydrogens (tertiary/aromatic N) is 1. The van der Waals surface area contributed by atoms with E-state index in [1.807, 2.05) is 0 Å². The quantitative estimate of drug-likeness (QED) is 0.803. The fourth-order valence-electron chi connectivity index (χ4n) is 2.13. The van der Waals surface area contributed by atoms with Gasteiger partial charge in [0.15, 0.2) is 0 Å². The van der Waals surface area contributed by atoms with Crippen molar-refractivity contribution in [1.29, 1.82) is 0 Å². The minimum atomic E-state index is -4.80. The molecule has 0 bridgehead atoms. The van der Waals surface area contributed by atoms with E-state index in [-0.39, 0.29) is 24.6 Å². The highest BCUT2D eigenvalue weighted by molar-refractivity contribution is 5.99. The summed E-state index contributed by atoms with van der Waals surface area (Å²) in [5.41, 5.74) is 0.244. The second-order valence-electron chi connectivity index (χ2n) is 4.47. The Labute approximate surface area is 118 Å². The van der Waals surface area contributed by atoms with Crippen molar-refractivity contribution in [2.75, 3.05) is 18.6 Å². The minimum absolute atomic E-state index is 0.0307. The van der Waals surface area contributed by atoms with E-state index < -0.39 is 24.0 Å². The van der Waals surface area contributed by atoms with Crippen LogP contribution in [-0.4, -0.2) is 31.9 Å². The molecule has 0 aliphatic carbocycles. The van der Waals surface area contributed by atoms with E-state index in [4.69, 9.17) is 0 Å².